The molecule has 24 heavy (non-hydrogen) atoms. The zero-order valence-corrected chi connectivity index (χ0v) is 14.5. The SMILES string of the molecule is Cc1nnc(-c2ccc(NC(=O)NCC(C)(C)CC(C)O)cc2)o1. The van der Waals surface area contributed by atoms with Crippen molar-refractivity contribution in [3.05, 3.63) is 30.2 Å². The van der Waals surface area contributed by atoms with Gasteiger partial charge in [0.15, 0.2) is 0 Å². The summed E-state index contributed by atoms with van der Waals surface area (Å²) in [6.45, 7) is 7.95. The van der Waals surface area contributed by atoms with Crippen LogP contribution in [-0.2, 0) is 0 Å². The van der Waals surface area contributed by atoms with Crippen LogP contribution in [0.3, 0.4) is 0 Å². The van der Waals surface area contributed by atoms with Gasteiger partial charge in [0, 0.05) is 24.7 Å². The van der Waals surface area contributed by atoms with Gasteiger partial charge in [-0.25, -0.2) is 4.79 Å². The molecule has 130 valence electrons. The Morgan fingerprint density at radius 3 is 2.50 bits per heavy atom. The Balaban J connectivity index is 1.88. The Kier molecular flexibility index (Phi) is 5.56. The smallest absolute Gasteiger partial charge is 0.319 e. The van der Waals surface area contributed by atoms with Gasteiger partial charge in [-0.1, -0.05) is 13.8 Å². The second-order valence-corrected chi connectivity index (χ2v) is 6.73. The molecule has 1 unspecified atom stereocenters. The molecule has 0 saturated carbocycles. The van der Waals surface area contributed by atoms with Crippen molar-refractivity contribution in [1.29, 1.82) is 0 Å². The minimum Gasteiger partial charge on any atom is -0.421 e. The lowest BCUT2D eigenvalue weighted by molar-refractivity contribution is 0.129. The fourth-order valence-corrected chi connectivity index (χ4v) is 2.48. The van der Waals surface area contributed by atoms with Crippen LogP contribution in [0.5, 0.6) is 0 Å². The number of benzene rings is 1. The molecule has 2 aromatic rings. The number of hydrogen-bond acceptors (Lipinski definition) is 5. The van der Waals surface area contributed by atoms with E-state index in [0.717, 1.165) is 5.56 Å². The second kappa shape index (κ2) is 7.44. The third-order valence-electron chi connectivity index (χ3n) is 3.49. The maximum atomic E-state index is 12.0. The van der Waals surface area contributed by atoms with Gasteiger partial charge in [0.2, 0.25) is 11.8 Å². The molecule has 7 nitrogen and oxygen atoms in total. The summed E-state index contributed by atoms with van der Waals surface area (Å²) in [7, 11) is 0. The summed E-state index contributed by atoms with van der Waals surface area (Å²) in [6, 6.07) is 6.88. The number of aryl methyl sites for hydroxylation is 1. The minimum absolute atomic E-state index is 0.175. The van der Waals surface area contributed by atoms with Gasteiger partial charge in [-0.2, -0.15) is 0 Å². The molecule has 0 fully saturated rings. The van der Waals surface area contributed by atoms with E-state index in [1.54, 1.807) is 38.1 Å². The van der Waals surface area contributed by atoms with Gasteiger partial charge in [-0.05, 0) is 43.0 Å². The van der Waals surface area contributed by atoms with E-state index < -0.39 is 6.10 Å². The number of rotatable bonds is 6. The summed E-state index contributed by atoms with van der Waals surface area (Å²) in [5.41, 5.74) is 1.28. The van der Waals surface area contributed by atoms with Gasteiger partial charge in [0.1, 0.15) is 0 Å². The number of carbonyl (C=O) groups excluding carboxylic acids is 1. The number of amides is 2. The molecule has 0 saturated heterocycles. The van der Waals surface area contributed by atoms with Crippen LogP contribution in [-0.4, -0.2) is 34.0 Å². The van der Waals surface area contributed by atoms with Crippen molar-refractivity contribution >= 4 is 11.7 Å². The Bertz CT molecular complexity index is 677. The van der Waals surface area contributed by atoms with E-state index in [0.29, 0.717) is 30.4 Å². The topological polar surface area (TPSA) is 100 Å². The van der Waals surface area contributed by atoms with Gasteiger partial charge >= 0.3 is 6.03 Å². The molecule has 7 heteroatoms. The molecule has 3 N–H and O–H groups in total. The highest BCUT2D eigenvalue weighted by molar-refractivity contribution is 5.89. The first-order valence-corrected chi connectivity index (χ1v) is 7.89. The van der Waals surface area contributed by atoms with Crippen LogP contribution in [0, 0.1) is 12.3 Å². The Morgan fingerprint density at radius 2 is 1.96 bits per heavy atom. The van der Waals surface area contributed by atoms with Crippen molar-refractivity contribution in [2.24, 2.45) is 5.41 Å². The Morgan fingerprint density at radius 1 is 1.29 bits per heavy atom. The van der Waals surface area contributed by atoms with Gasteiger partial charge in [0.05, 0.1) is 6.10 Å². The molecule has 1 heterocycles. The standard InChI is InChI=1S/C17H24N4O3/c1-11(22)9-17(3,4)10-18-16(23)19-14-7-5-13(6-8-14)15-21-20-12(2)24-15/h5-8,11,22H,9-10H2,1-4H3,(H2,18,19,23). The number of nitrogens with zero attached hydrogens (tertiary/aromatic N) is 2. The molecule has 0 aliphatic carbocycles. The van der Waals surface area contributed by atoms with Gasteiger partial charge in [-0.3, -0.25) is 0 Å². The van der Waals surface area contributed by atoms with E-state index in [-0.39, 0.29) is 11.4 Å². The third-order valence-corrected chi connectivity index (χ3v) is 3.49. The monoisotopic (exact) mass is 332 g/mol. The highest BCUT2D eigenvalue weighted by Crippen LogP contribution is 2.22. The normalized spacial score (nSPS) is 12.7. The molecule has 0 spiro atoms. The number of nitrogens with one attached hydrogen (secondary N) is 2. The summed E-state index contributed by atoms with van der Waals surface area (Å²) in [5.74, 6) is 0.953. The predicted molar refractivity (Wildman–Crippen MR) is 91.6 cm³/mol. The van der Waals surface area contributed by atoms with Crippen molar-refractivity contribution in [1.82, 2.24) is 15.5 Å². The molecular formula is C17H24N4O3. The molecule has 2 amide bonds. The van der Waals surface area contributed by atoms with E-state index in [4.69, 9.17) is 4.42 Å². The zero-order chi connectivity index (χ0) is 17.7. The number of hydrogen-bond donors (Lipinski definition) is 3. The highest BCUT2D eigenvalue weighted by Gasteiger charge is 2.21. The van der Waals surface area contributed by atoms with E-state index in [2.05, 4.69) is 20.8 Å². The second-order valence-electron chi connectivity index (χ2n) is 6.73. The molecule has 0 bridgehead atoms. The van der Waals surface area contributed by atoms with Crippen LogP contribution < -0.4 is 10.6 Å². The summed E-state index contributed by atoms with van der Waals surface area (Å²) in [4.78, 5) is 12.0. The lowest BCUT2D eigenvalue weighted by Crippen LogP contribution is -2.38. The maximum Gasteiger partial charge on any atom is 0.319 e. The quantitative estimate of drug-likeness (QED) is 0.755. The van der Waals surface area contributed by atoms with Crippen molar-refractivity contribution in [2.75, 3.05) is 11.9 Å². The maximum absolute atomic E-state index is 12.0. The minimum atomic E-state index is -0.397. The molecule has 1 aromatic heterocycles. The van der Waals surface area contributed by atoms with E-state index in [1.807, 2.05) is 13.8 Å². The number of anilines is 1. The van der Waals surface area contributed by atoms with Gasteiger partial charge in [0.25, 0.3) is 0 Å². The number of aliphatic hydroxyl groups is 1. The summed E-state index contributed by atoms with van der Waals surface area (Å²) < 4.78 is 5.36. The first-order valence-electron chi connectivity index (χ1n) is 7.89. The Labute approximate surface area is 141 Å². The fourth-order valence-electron chi connectivity index (χ4n) is 2.48. The highest BCUT2D eigenvalue weighted by atomic mass is 16.4. The van der Waals surface area contributed by atoms with Crippen molar-refractivity contribution in [3.63, 3.8) is 0 Å². The lowest BCUT2D eigenvalue weighted by atomic mass is 9.87. The first-order chi connectivity index (χ1) is 11.2. The molecule has 0 aliphatic rings. The summed E-state index contributed by atoms with van der Waals surface area (Å²) in [6.07, 6.45) is 0.219. The van der Waals surface area contributed by atoms with Crippen molar-refractivity contribution in [3.8, 4) is 11.5 Å². The average molecular weight is 332 g/mol. The van der Waals surface area contributed by atoms with Crippen molar-refractivity contribution in [2.45, 2.75) is 40.2 Å². The number of aliphatic hydroxyl groups excluding tert-OH is 1. The number of aromatic nitrogens is 2. The molecule has 2 rings (SSSR count). The van der Waals surface area contributed by atoms with E-state index in [9.17, 15) is 9.90 Å². The van der Waals surface area contributed by atoms with Gasteiger partial charge < -0.3 is 20.2 Å². The van der Waals surface area contributed by atoms with Crippen LogP contribution in [0.4, 0.5) is 10.5 Å². The van der Waals surface area contributed by atoms with Crippen LogP contribution >= 0.6 is 0 Å². The van der Waals surface area contributed by atoms with E-state index in [1.165, 1.54) is 0 Å². The molecular weight excluding hydrogens is 308 g/mol. The molecule has 0 aliphatic heterocycles. The first kappa shape index (κ1) is 17.9. The molecule has 1 atom stereocenters. The van der Waals surface area contributed by atoms with Crippen molar-refractivity contribution < 1.29 is 14.3 Å². The average Bonchev–Trinajstić information content (AvgIpc) is 2.91. The summed E-state index contributed by atoms with van der Waals surface area (Å²) >= 11 is 0. The van der Waals surface area contributed by atoms with Crippen LogP contribution in [0.25, 0.3) is 11.5 Å². The molecule has 0 radical (unpaired) electrons. The lowest BCUT2D eigenvalue weighted by Gasteiger charge is -2.26. The van der Waals surface area contributed by atoms with Crippen LogP contribution in [0.2, 0.25) is 0 Å². The number of carbonyl (C=O) groups is 1. The van der Waals surface area contributed by atoms with Crippen LogP contribution in [0.1, 0.15) is 33.1 Å². The fraction of sp³-hybridized carbons (Fsp3) is 0.471. The third kappa shape index (κ3) is 5.34. The number of urea groups is 1. The van der Waals surface area contributed by atoms with Crippen LogP contribution in [0.15, 0.2) is 28.7 Å². The largest absolute Gasteiger partial charge is 0.421 e. The summed E-state index contributed by atoms with van der Waals surface area (Å²) in [5, 5.41) is 22.8. The zero-order valence-electron chi connectivity index (χ0n) is 14.5. The van der Waals surface area contributed by atoms with E-state index >= 15 is 0 Å². The Hall–Kier alpha value is -2.41. The molecule has 1 aromatic carbocycles. The van der Waals surface area contributed by atoms with Gasteiger partial charge in [-0.15, -0.1) is 10.2 Å². The predicted octanol–water partition coefficient (Wildman–Crippen LogP) is 2.96.